The van der Waals surface area contributed by atoms with Crippen molar-refractivity contribution in [2.24, 2.45) is 5.41 Å². The van der Waals surface area contributed by atoms with Crippen molar-refractivity contribution in [3.63, 3.8) is 0 Å². The van der Waals surface area contributed by atoms with E-state index in [0.29, 0.717) is 11.2 Å². The van der Waals surface area contributed by atoms with Gasteiger partial charge in [-0.1, -0.05) is 0 Å². The van der Waals surface area contributed by atoms with Crippen molar-refractivity contribution < 1.29 is 9.59 Å². The zero-order valence-corrected chi connectivity index (χ0v) is 12.8. The molecule has 1 aromatic carbocycles. The molecule has 1 aliphatic heterocycles. The molecule has 0 unspecified atom stereocenters. The average molecular weight is 304 g/mol. The molecule has 1 heterocycles. The smallest absolute Gasteiger partial charge is 0.152 e. The van der Waals surface area contributed by atoms with Gasteiger partial charge in [0.1, 0.15) is 6.29 Å². The second-order valence-corrected chi connectivity index (χ2v) is 6.78. The molecule has 1 N–H and O–H groups in total. The molecule has 21 heavy (non-hydrogen) atoms. The Kier molecular flexibility index (Phi) is 4.19. The van der Waals surface area contributed by atoms with Gasteiger partial charge < -0.3 is 14.4 Å². The Labute approximate surface area is 129 Å². The number of carbonyl (C=O) groups excluding carboxylic acids is 2. The highest BCUT2D eigenvalue weighted by Gasteiger charge is 2.44. The van der Waals surface area contributed by atoms with Gasteiger partial charge in [0.15, 0.2) is 6.29 Å². The fourth-order valence-electron chi connectivity index (χ4n) is 3.04. The Hall–Kier alpha value is -1.49. The van der Waals surface area contributed by atoms with E-state index in [1.165, 1.54) is 37.6 Å². The number of hydrogen-bond acceptors (Lipinski definition) is 5. The van der Waals surface area contributed by atoms with Crippen LogP contribution in [0.1, 0.15) is 36.0 Å². The van der Waals surface area contributed by atoms with Gasteiger partial charge >= 0.3 is 0 Å². The third-order valence-electron chi connectivity index (χ3n) is 4.62. The van der Waals surface area contributed by atoms with E-state index in [4.69, 9.17) is 0 Å². The summed E-state index contributed by atoms with van der Waals surface area (Å²) >= 11 is 1.36. The summed E-state index contributed by atoms with van der Waals surface area (Å²) in [5, 5.41) is 0. The molecule has 2 aliphatic rings. The van der Waals surface area contributed by atoms with Crippen LogP contribution in [-0.4, -0.2) is 31.4 Å². The lowest BCUT2D eigenvalue weighted by molar-refractivity contribution is -0.105. The minimum Gasteiger partial charge on any atom is -0.371 e. The maximum atomic E-state index is 11.3. The van der Waals surface area contributed by atoms with Gasteiger partial charge in [-0.3, -0.25) is 4.79 Å². The van der Waals surface area contributed by atoms with Crippen LogP contribution < -0.4 is 9.62 Å². The van der Waals surface area contributed by atoms with Crippen LogP contribution in [0.15, 0.2) is 18.2 Å². The highest BCUT2D eigenvalue weighted by molar-refractivity contribution is 8.01. The Morgan fingerprint density at radius 1 is 1.19 bits per heavy atom. The summed E-state index contributed by atoms with van der Waals surface area (Å²) in [4.78, 5) is 24.0. The monoisotopic (exact) mass is 304 g/mol. The van der Waals surface area contributed by atoms with Gasteiger partial charge in [0.25, 0.3) is 0 Å². The average Bonchev–Trinajstić information content (AvgIpc) is 3.27. The first-order valence-corrected chi connectivity index (χ1v) is 8.41. The van der Waals surface area contributed by atoms with Gasteiger partial charge in [-0.05, 0) is 61.2 Å². The Balaban J connectivity index is 1.73. The molecular formula is C16H20N2O2S. The van der Waals surface area contributed by atoms with Crippen molar-refractivity contribution in [2.45, 2.75) is 25.7 Å². The normalized spacial score (nSPS) is 19.3. The molecule has 1 saturated carbocycles. The number of rotatable bonds is 6. The number of anilines is 2. The van der Waals surface area contributed by atoms with Crippen molar-refractivity contribution in [3.05, 3.63) is 23.8 Å². The van der Waals surface area contributed by atoms with Crippen molar-refractivity contribution in [1.82, 2.24) is 0 Å². The molecule has 0 radical (unpaired) electrons. The molecule has 0 aromatic heterocycles. The first kappa shape index (κ1) is 14.4. The van der Waals surface area contributed by atoms with Crippen LogP contribution in [-0.2, 0) is 4.79 Å². The zero-order valence-electron chi connectivity index (χ0n) is 12.0. The SMILES string of the molecule is O=CCSNc1ccc(C=O)c(N2CCC3(CC2)CC3)c1. The number of carbonyl (C=O) groups is 2. The van der Waals surface area contributed by atoms with E-state index >= 15 is 0 Å². The second kappa shape index (κ2) is 6.10. The van der Waals surface area contributed by atoms with Gasteiger partial charge in [-0.2, -0.15) is 0 Å². The molecule has 1 aromatic rings. The summed E-state index contributed by atoms with van der Waals surface area (Å²) in [5.74, 6) is 0.414. The summed E-state index contributed by atoms with van der Waals surface area (Å²) in [6.45, 7) is 2.07. The van der Waals surface area contributed by atoms with Crippen molar-refractivity contribution in [1.29, 1.82) is 0 Å². The number of benzene rings is 1. The molecule has 2 fully saturated rings. The van der Waals surface area contributed by atoms with Gasteiger partial charge in [0, 0.05) is 30.0 Å². The molecule has 1 saturated heterocycles. The van der Waals surface area contributed by atoms with Gasteiger partial charge in [-0.25, -0.2) is 0 Å². The van der Waals surface area contributed by atoms with Crippen LogP contribution in [0.2, 0.25) is 0 Å². The number of nitrogens with one attached hydrogen (secondary N) is 1. The highest BCUT2D eigenvalue weighted by atomic mass is 32.2. The quantitative estimate of drug-likeness (QED) is 0.497. The minimum atomic E-state index is 0.414. The molecule has 3 rings (SSSR count). The van der Waals surface area contributed by atoms with E-state index in [1.807, 2.05) is 18.2 Å². The fourth-order valence-corrected chi connectivity index (χ4v) is 3.48. The first-order chi connectivity index (χ1) is 10.3. The summed E-state index contributed by atoms with van der Waals surface area (Å²) in [6.07, 6.45) is 7.04. The van der Waals surface area contributed by atoms with E-state index in [0.717, 1.165) is 42.6 Å². The summed E-state index contributed by atoms with van der Waals surface area (Å²) in [7, 11) is 0. The molecular weight excluding hydrogens is 284 g/mol. The van der Waals surface area contributed by atoms with Gasteiger partial charge in [0.2, 0.25) is 0 Å². The third-order valence-corrected chi connectivity index (χ3v) is 5.30. The van der Waals surface area contributed by atoms with Gasteiger partial charge in [-0.15, -0.1) is 0 Å². The van der Waals surface area contributed by atoms with Crippen LogP contribution >= 0.6 is 11.9 Å². The molecule has 4 nitrogen and oxygen atoms in total. The lowest BCUT2D eigenvalue weighted by atomic mass is 9.93. The number of nitrogens with zero attached hydrogens (tertiary/aromatic N) is 1. The molecule has 1 aliphatic carbocycles. The minimum absolute atomic E-state index is 0.414. The number of aldehydes is 2. The predicted octanol–water partition coefficient (Wildman–Crippen LogP) is 3.14. The van der Waals surface area contributed by atoms with Crippen LogP contribution in [0, 0.1) is 5.41 Å². The van der Waals surface area contributed by atoms with Crippen molar-refractivity contribution in [2.75, 3.05) is 28.5 Å². The Morgan fingerprint density at radius 2 is 1.95 bits per heavy atom. The maximum absolute atomic E-state index is 11.3. The first-order valence-electron chi connectivity index (χ1n) is 7.42. The van der Waals surface area contributed by atoms with Crippen LogP contribution in [0.25, 0.3) is 0 Å². The third kappa shape index (κ3) is 3.23. The molecule has 112 valence electrons. The maximum Gasteiger partial charge on any atom is 0.152 e. The fraction of sp³-hybridized carbons (Fsp3) is 0.500. The predicted molar refractivity (Wildman–Crippen MR) is 87.1 cm³/mol. The van der Waals surface area contributed by atoms with E-state index < -0.39 is 0 Å². The molecule has 0 atom stereocenters. The molecule has 0 bridgehead atoms. The van der Waals surface area contributed by atoms with E-state index in [-0.39, 0.29) is 0 Å². The standard InChI is InChI=1S/C16H20N2O2S/c19-9-10-21-17-14-2-1-13(12-20)15(11-14)18-7-5-16(3-4-16)6-8-18/h1-2,9,11-12,17H,3-8,10H2. The largest absolute Gasteiger partial charge is 0.371 e. The number of piperidine rings is 1. The Morgan fingerprint density at radius 3 is 2.57 bits per heavy atom. The number of hydrogen-bond donors (Lipinski definition) is 1. The van der Waals surface area contributed by atoms with E-state index in [2.05, 4.69) is 9.62 Å². The van der Waals surface area contributed by atoms with Crippen molar-refractivity contribution >= 4 is 35.9 Å². The van der Waals surface area contributed by atoms with Crippen LogP contribution in [0.3, 0.4) is 0 Å². The van der Waals surface area contributed by atoms with E-state index in [1.54, 1.807) is 0 Å². The Bertz CT molecular complexity index is 533. The summed E-state index contributed by atoms with van der Waals surface area (Å²) in [6, 6.07) is 5.76. The lowest BCUT2D eigenvalue weighted by Gasteiger charge is -2.34. The van der Waals surface area contributed by atoms with E-state index in [9.17, 15) is 9.59 Å². The second-order valence-electron chi connectivity index (χ2n) is 5.96. The molecule has 5 heteroatoms. The summed E-state index contributed by atoms with van der Waals surface area (Å²) in [5.41, 5.74) is 3.33. The molecule has 0 amide bonds. The van der Waals surface area contributed by atoms with Crippen LogP contribution in [0.4, 0.5) is 11.4 Å². The van der Waals surface area contributed by atoms with Crippen molar-refractivity contribution in [3.8, 4) is 0 Å². The van der Waals surface area contributed by atoms with Gasteiger partial charge in [0.05, 0.1) is 5.75 Å². The lowest BCUT2D eigenvalue weighted by Crippen LogP contribution is -2.35. The highest BCUT2D eigenvalue weighted by Crippen LogP contribution is 2.54. The zero-order chi connectivity index (χ0) is 14.7. The summed E-state index contributed by atoms with van der Waals surface area (Å²) < 4.78 is 3.15. The topological polar surface area (TPSA) is 49.4 Å². The molecule has 1 spiro atoms. The van der Waals surface area contributed by atoms with Crippen LogP contribution in [0.5, 0.6) is 0 Å².